The summed E-state index contributed by atoms with van der Waals surface area (Å²) in [6.07, 6.45) is 2.01. The van der Waals surface area contributed by atoms with Crippen LogP contribution in [0.4, 0.5) is 22.7 Å². The number of anilines is 1. The zero-order valence-electron chi connectivity index (χ0n) is 14.0. The third kappa shape index (κ3) is 4.32. The van der Waals surface area contributed by atoms with Crippen LogP contribution in [0.15, 0.2) is 57.6 Å². The maximum Gasteiger partial charge on any atom is 0.269 e. The van der Waals surface area contributed by atoms with Crippen LogP contribution >= 0.6 is 11.8 Å². The van der Waals surface area contributed by atoms with E-state index in [4.69, 9.17) is 0 Å². The molecule has 0 radical (unpaired) electrons. The highest BCUT2D eigenvalue weighted by atomic mass is 32.2. The normalized spacial score (nSPS) is 11.0. The summed E-state index contributed by atoms with van der Waals surface area (Å²) in [5, 5.41) is 19.1. The molecule has 0 fully saturated rings. The van der Waals surface area contributed by atoms with Crippen molar-refractivity contribution in [2.24, 2.45) is 10.2 Å². The first-order chi connectivity index (χ1) is 11.6. The van der Waals surface area contributed by atoms with E-state index >= 15 is 0 Å². The lowest BCUT2D eigenvalue weighted by atomic mass is 10.2. The topological polar surface area (TPSA) is 71.1 Å². The van der Waals surface area contributed by atoms with Gasteiger partial charge in [-0.05, 0) is 50.4 Å². The molecule has 0 aliphatic heterocycles. The second-order valence-corrected chi connectivity index (χ2v) is 5.85. The van der Waals surface area contributed by atoms with Gasteiger partial charge in [0.05, 0.1) is 16.3 Å². The lowest BCUT2D eigenvalue weighted by Gasteiger charge is -2.21. The summed E-state index contributed by atoms with van der Waals surface area (Å²) in [5.41, 5.74) is 2.58. The third-order valence-electron chi connectivity index (χ3n) is 3.63. The summed E-state index contributed by atoms with van der Waals surface area (Å²) < 4.78 is 0. The Balaban J connectivity index is 2.23. The van der Waals surface area contributed by atoms with Gasteiger partial charge in [0.1, 0.15) is 0 Å². The second-order valence-electron chi connectivity index (χ2n) is 5.00. The molecule has 0 amide bonds. The molecule has 0 N–H and O–H groups in total. The van der Waals surface area contributed by atoms with Crippen LogP contribution in [0.2, 0.25) is 0 Å². The van der Waals surface area contributed by atoms with Crippen molar-refractivity contribution in [1.82, 2.24) is 0 Å². The Morgan fingerprint density at radius 2 is 1.75 bits per heavy atom. The van der Waals surface area contributed by atoms with Gasteiger partial charge < -0.3 is 4.90 Å². The van der Waals surface area contributed by atoms with Gasteiger partial charge in [-0.1, -0.05) is 0 Å². The van der Waals surface area contributed by atoms with Crippen LogP contribution in [0.25, 0.3) is 0 Å². The lowest BCUT2D eigenvalue weighted by Crippen LogP contribution is -2.21. The van der Waals surface area contributed by atoms with Crippen LogP contribution in [0.5, 0.6) is 0 Å². The fraction of sp³-hybridized carbons (Fsp3) is 0.294. The van der Waals surface area contributed by atoms with Crippen LogP contribution < -0.4 is 4.90 Å². The first-order valence-corrected chi connectivity index (χ1v) is 8.90. The van der Waals surface area contributed by atoms with Crippen molar-refractivity contribution in [3.63, 3.8) is 0 Å². The zero-order chi connectivity index (χ0) is 17.5. The van der Waals surface area contributed by atoms with Gasteiger partial charge in [-0.15, -0.1) is 16.9 Å². The quantitative estimate of drug-likeness (QED) is 0.284. The van der Waals surface area contributed by atoms with E-state index in [0.29, 0.717) is 5.69 Å². The standard InChI is InChI=1S/C17H20N4O2S/c1-4-20(5-2)15-10-11-16(17(12-15)24-3)19-18-13-6-8-14(9-7-13)21(22)23/h6-12H,4-5H2,1-3H3. The van der Waals surface area contributed by atoms with Crippen molar-refractivity contribution in [1.29, 1.82) is 0 Å². The molecule has 0 heterocycles. The lowest BCUT2D eigenvalue weighted by molar-refractivity contribution is -0.384. The van der Waals surface area contributed by atoms with Crippen LogP contribution in [-0.4, -0.2) is 24.3 Å². The summed E-state index contributed by atoms with van der Waals surface area (Å²) in [6.45, 7) is 6.16. The summed E-state index contributed by atoms with van der Waals surface area (Å²) >= 11 is 1.62. The number of benzene rings is 2. The summed E-state index contributed by atoms with van der Waals surface area (Å²) in [6, 6.07) is 12.1. The van der Waals surface area contributed by atoms with Crippen LogP contribution in [0.1, 0.15) is 13.8 Å². The molecule has 2 aromatic rings. The minimum absolute atomic E-state index is 0.0438. The molecule has 126 valence electrons. The fourth-order valence-corrected chi connectivity index (χ4v) is 2.84. The highest BCUT2D eigenvalue weighted by Gasteiger charge is 2.07. The first kappa shape index (κ1) is 17.9. The number of nitro benzene ring substituents is 1. The van der Waals surface area contributed by atoms with Gasteiger partial charge >= 0.3 is 0 Å². The van der Waals surface area contributed by atoms with E-state index in [-0.39, 0.29) is 5.69 Å². The molecule has 2 rings (SSSR count). The summed E-state index contributed by atoms with van der Waals surface area (Å²) in [4.78, 5) is 13.5. The number of nitrogens with zero attached hydrogens (tertiary/aromatic N) is 4. The van der Waals surface area contributed by atoms with Crippen molar-refractivity contribution in [3.8, 4) is 0 Å². The van der Waals surface area contributed by atoms with E-state index in [9.17, 15) is 10.1 Å². The van der Waals surface area contributed by atoms with Crippen LogP contribution in [0.3, 0.4) is 0 Å². The Morgan fingerprint density at radius 3 is 2.29 bits per heavy atom. The van der Waals surface area contributed by atoms with E-state index in [2.05, 4.69) is 35.0 Å². The van der Waals surface area contributed by atoms with Crippen LogP contribution in [0, 0.1) is 10.1 Å². The van der Waals surface area contributed by atoms with E-state index in [0.717, 1.165) is 23.7 Å². The molecule has 24 heavy (non-hydrogen) atoms. The Morgan fingerprint density at radius 1 is 1.08 bits per heavy atom. The molecule has 0 aliphatic rings. The zero-order valence-corrected chi connectivity index (χ0v) is 14.8. The molecule has 0 aromatic heterocycles. The number of hydrogen-bond donors (Lipinski definition) is 0. The van der Waals surface area contributed by atoms with Gasteiger partial charge in [0.15, 0.2) is 0 Å². The number of thioether (sulfide) groups is 1. The van der Waals surface area contributed by atoms with Gasteiger partial charge in [-0.3, -0.25) is 10.1 Å². The van der Waals surface area contributed by atoms with Gasteiger partial charge in [-0.2, -0.15) is 5.11 Å². The number of hydrogen-bond acceptors (Lipinski definition) is 6. The molecule has 0 saturated heterocycles. The maximum absolute atomic E-state index is 10.7. The van der Waals surface area contributed by atoms with Crippen LogP contribution in [-0.2, 0) is 0 Å². The smallest absolute Gasteiger partial charge is 0.269 e. The molecule has 6 nitrogen and oxygen atoms in total. The second kappa shape index (κ2) is 8.44. The largest absolute Gasteiger partial charge is 0.372 e. The predicted octanol–water partition coefficient (Wildman–Crippen LogP) is 5.58. The molecular weight excluding hydrogens is 324 g/mol. The Bertz CT molecular complexity index is 728. The molecule has 0 atom stereocenters. The Labute approximate surface area is 145 Å². The average Bonchev–Trinajstić information content (AvgIpc) is 2.61. The molecule has 0 saturated carbocycles. The number of rotatable bonds is 7. The Hall–Kier alpha value is -2.41. The first-order valence-electron chi connectivity index (χ1n) is 7.68. The van der Waals surface area contributed by atoms with Gasteiger partial charge in [-0.25, -0.2) is 0 Å². The number of azo groups is 1. The molecular formula is C17H20N4O2S. The molecule has 0 bridgehead atoms. The van der Waals surface area contributed by atoms with Gasteiger partial charge in [0, 0.05) is 35.8 Å². The third-order valence-corrected chi connectivity index (χ3v) is 4.39. The number of non-ortho nitro benzene ring substituents is 1. The highest BCUT2D eigenvalue weighted by Crippen LogP contribution is 2.33. The molecule has 2 aromatic carbocycles. The predicted molar refractivity (Wildman–Crippen MR) is 99.1 cm³/mol. The monoisotopic (exact) mass is 344 g/mol. The summed E-state index contributed by atoms with van der Waals surface area (Å²) in [5.74, 6) is 0. The van der Waals surface area contributed by atoms with E-state index in [1.807, 2.05) is 18.4 Å². The molecule has 7 heteroatoms. The molecule has 0 aliphatic carbocycles. The minimum Gasteiger partial charge on any atom is -0.372 e. The molecule has 0 spiro atoms. The minimum atomic E-state index is -0.432. The van der Waals surface area contributed by atoms with Crippen molar-refractivity contribution in [2.75, 3.05) is 24.2 Å². The SMILES string of the molecule is CCN(CC)c1ccc(N=Nc2ccc([N+](=O)[O-])cc2)c(SC)c1. The van der Waals surface area contributed by atoms with Gasteiger partial charge in [0.25, 0.3) is 5.69 Å². The van der Waals surface area contributed by atoms with Crippen molar-refractivity contribution in [3.05, 3.63) is 52.6 Å². The summed E-state index contributed by atoms with van der Waals surface area (Å²) in [7, 11) is 0. The Kier molecular flexibility index (Phi) is 6.31. The average molecular weight is 344 g/mol. The maximum atomic E-state index is 10.7. The highest BCUT2D eigenvalue weighted by molar-refractivity contribution is 7.98. The van der Waals surface area contributed by atoms with E-state index in [1.165, 1.54) is 17.8 Å². The van der Waals surface area contributed by atoms with E-state index < -0.39 is 4.92 Å². The van der Waals surface area contributed by atoms with Crippen molar-refractivity contribution < 1.29 is 4.92 Å². The van der Waals surface area contributed by atoms with Crippen molar-refractivity contribution >= 4 is 34.5 Å². The number of nitro groups is 1. The van der Waals surface area contributed by atoms with Crippen molar-refractivity contribution in [2.45, 2.75) is 18.7 Å². The molecule has 0 unspecified atom stereocenters. The van der Waals surface area contributed by atoms with E-state index in [1.54, 1.807) is 23.9 Å². The fourth-order valence-electron chi connectivity index (χ4n) is 2.29. The van der Waals surface area contributed by atoms with Gasteiger partial charge in [0.2, 0.25) is 0 Å².